The molecule has 0 aliphatic rings. The lowest BCUT2D eigenvalue weighted by atomic mass is 10.2. The summed E-state index contributed by atoms with van der Waals surface area (Å²) in [7, 11) is 1.58. The number of rotatable bonds is 13. The van der Waals surface area contributed by atoms with Gasteiger partial charge in [0.25, 0.3) is 5.91 Å². The fourth-order valence-electron chi connectivity index (χ4n) is 2.88. The predicted octanol–water partition coefficient (Wildman–Crippen LogP) is 2.93. The lowest BCUT2D eigenvalue weighted by Gasteiger charge is -2.19. The number of anilines is 1. The minimum atomic E-state index is -0.540. The number of likely N-dealkylation sites (N-methyl/N-ethyl adjacent to an activating group) is 1. The molecular weight excluding hydrogens is 410 g/mol. The van der Waals surface area contributed by atoms with Crippen LogP contribution < -0.4 is 25.3 Å². The van der Waals surface area contributed by atoms with Gasteiger partial charge < -0.3 is 30.2 Å². The van der Waals surface area contributed by atoms with Gasteiger partial charge in [0.05, 0.1) is 7.11 Å². The normalized spacial score (nSPS) is 10.9. The minimum absolute atomic E-state index is 0.180. The van der Waals surface area contributed by atoms with Crippen LogP contribution in [0.5, 0.6) is 17.2 Å². The van der Waals surface area contributed by atoms with Crippen LogP contribution in [-0.4, -0.2) is 56.7 Å². The van der Waals surface area contributed by atoms with Gasteiger partial charge in [0, 0.05) is 24.4 Å². The Morgan fingerprint density at radius 1 is 1.03 bits per heavy atom. The zero-order valence-corrected chi connectivity index (χ0v) is 18.8. The fraction of sp³-hybridized carbons (Fsp3) is 0.333. The number of nitrogens with zero attached hydrogens (tertiary/aromatic N) is 1. The molecule has 0 heterocycles. The molecule has 0 spiro atoms. The van der Waals surface area contributed by atoms with Gasteiger partial charge in [0.2, 0.25) is 5.91 Å². The van der Waals surface area contributed by atoms with Crippen LogP contribution in [0.4, 0.5) is 5.69 Å². The first-order valence-corrected chi connectivity index (χ1v) is 10.5. The summed E-state index contributed by atoms with van der Waals surface area (Å²) in [5, 5.41) is 2.82. The molecule has 32 heavy (non-hydrogen) atoms. The van der Waals surface area contributed by atoms with E-state index in [4.69, 9.17) is 19.9 Å². The third-order valence-electron chi connectivity index (χ3n) is 4.68. The van der Waals surface area contributed by atoms with Gasteiger partial charge in [-0.25, -0.2) is 0 Å². The number of benzene rings is 2. The van der Waals surface area contributed by atoms with Crippen LogP contribution in [0, 0.1) is 0 Å². The Bertz CT molecular complexity index is 908. The molecule has 0 saturated heterocycles. The van der Waals surface area contributed by atoms with Crippen molar-refractivity contribution in [3.05, 3.63) is 54.1 Å². The van der Waals surface area contributed by atoms with Gasteiger partial charge in [0.1, 0.15) is 12.4 Å². The summed E-state index contributed by atoms with van der Waals surface area (Å²) in [4.78, 5) is 25.3. The van der Waals surface area contributed by atoms with Gasteiger partial charge in [-0.3, -0.25) is 9.59 Å². The molecule has 0 unspecified atom stereocenters. The first kappa shape index (κ1) is 24.7. The number of hydrogen-bond donors (Lipinski definition) is 2. The number of primary amides is 1. The van der Waals surface area contributed by atoms with Gasteiger partial charge in [-0.15, -0.1) is 0 Å². The number of amides is 2. The van der Waals surface area contributed by atoms with Crippen LogP contribution in [0.15, 0.2) is 48.5 Å². The quantitative estimate of drug-likeness (QED) is 0.463. The van der Waals surface area contributed by atoms with Crippen molar-refractivity contribution < 1.29 is 23.8 Å². The molecule has 0 aliphatic carbocycles. The van der Waals surface area contributed by atoms with E-state index in [-0.39, 0.29) is 12.5 Å². The second kappa shape index (κ2) is 13.0. The molecule has 0 aliphatic heterocycles. The fourth-order valence-corrected chi connectivity index (χ4v) is 2.88. The SMILES string of the molecule is CCN(CC)CCOc1cc(NC(=O)/C=C/c2ccc(OCC(N)=O)cc2)ccc1OC. The summed E-state index contributed by atoms with van der Waals surface area (Å²) in [6, 6.07) is 12.2. The van der Waals surface area contributed by atoms with Gasteiger partial charge in [0.15, 0.2) is 18.1 Å². The molecule has 172 valence electrons. The monoisotopic (exact) mass is 441 g/mol. The Morgan fingerprint density at radius 2 is 1.75 bits per heavy atom. The molecule has 3 N–H and O–H groups in total. The number of nitrogens with one attached hydrogen (secondary N) is 1. The summed E-state index contributed by atoms with van der Waals surface area (Å²) in [5.41, 5.74) is 6.46. The molecule has 0 fully saturated rings. The van der Waals surface area contributed by atoms with Gasteiger partial charge >= 0.3 is 0 Å². The van der Waals surface area contributed by atoms with E-state index < -0.39 is 5.91 Å². The Kier molecular flexibility index (Phi) is 10.1. The molecule has 0 aromatic heterocycles. The van der Waals surface area contributed by atoms with Gasteiger partial charge in [-0.05, 0) is 49.0 Å². The maximum atomic E-state index is 12.3. The molecule has 0 radical (unpaired) electrons. The van der Waals surface area contributed by atoms with Crippen LogP contribution in [0.25, 0.3) is 6.08 Å². The number of carbonyl (C=O) groups excluding carboxylic acids is 2. The number of ether oxygens (including phenoxy) is 3. The second-order valence-electron chi connectivity index (χ2n) is 6.89. The first-order valence-electron chi connectivity index (χ1n) is 10.5. The van der Waals surface area contributed by atoms with Crippen molar-refractivity contribution in [2.24, 2.45) is 5.73 Å². The van der Waals surface area contributed by atoms with E-state index in [1.165, 1.54) is 6.08 Å². The van der Waals surface area contributed by atoms with Crippen LogP contribution in [0.1, 0.15) is 19.4 Å². The highest BCUT2D eigenvalue weighted by atomic mass is 16.5. The average molecular weight is 442 g/mol. The zero-order valence-electron chi connectivity index (χ0n) is 18.8. The van der Waals surface area contributed by atoms with Gasteiger partial charge in [-0.2, -0.15) is 0 Å². The topological polar surface area (TPSA) is 103 Å². The van der Waals surface area contributed by atoms with E-state index in [0.29, 0.717) is 29.5 Å². The molecule has 0 saturated carbocycles. The summed E-state index contributed by atoms with van der Waals surface area (Å²) >= 11 is 0. The zero-order chi connectivity index (χ0) is 23.3. The number of hydrogen-bond acceptors (Lipinski definition) is 6. The van der Waals surface area contributed by atoms with Crippen molar-refractivity contribution in [3.63, 3.8) is 0 Å². The Balaban J connectivity index is 1.94. The summed E-state index contributed by atoms with van der Waals surface area (Å²) < 4.78 is 16.5. The second-order valence-corrected chi connectivity index (χ2v) is 6.89. The molecule has 0 atom stereocenters. The highest BCUT2D eigenvalue weighted by molar-refractivity contribution is 6.02. The molecule has 2 aromatic carbocycles. The average Bonchev–Trinajstić information content (AvgIpc) is 2.80. The predicted molar refractivity (Wildman–Crippen MR) is 125 cm³/mol. The Hall–Kier alpha value is -3.52. The van der Waals surface area contributed by atoms with Crippen LogP contribution in [-0.2, 0) is 9.59 Å². The molecule has 2 amide bonds. The van der Waals surface area contributed by atoms with Crippen molar-refractivity contribution in [2.45, 2.75) is 13.8 Å². The van der Waals surface area contributed by atoms with E-state index in [0.717, 1.165) is 25.2 Å². The maximum Gasteiger partial charge on any atom is 0.255 e. The molecule has 2 rings (SSSR count). The first-order chi connectivity index (χ1) is 15.4. The van der Waals surface area contributed by atoms with E-state index in [1.807, 2.05) is 0 Å². The number of nitrogens with two attached hydrogens (primary N) is 1. The van der Waals surface area contributed by atoms with E-state index in [9.17, 15) is 9.59 Å². The highest BCUT2D eigenvalue weighted by Crippen LogP contribution is 2.30. The third kappa shape index (κ3) is 8.31. The lowest BCUT2D eigenvalue weighted by molar-refractivity contribution is -0.120. The summed E-state index contributed by atoms with van der Waals surface area (Å²) in [6.45, 7) is 7.29. The van der Waals surface area contributed by atoms with Crippen molar-refractivity contribution >= 4 is 23.6 Å². The summed E-state index contributed by atoms with van der Waals surface area (Å²) in [6.07, 6.45) is 3.11. The van der Waals surface area contributed by atoms with Crippen LogP contribution >= 0.6 is 0 Å². The molecule has 8 heteroatoms. The largest absolute Gasteiger partial charge is 0.493 e. The molecule has 2 aromatic rings. The Morgan fingerprint density at radius 3 is 2.38 bits per heavy atom. The smallest absolute Gasteiger partial charge is 0.255 e. The number of carbonyl (C=O) groups is 2. The van der Waals surface area contributed by atoms with Crippen molar-refractivity contribution in [2.75, 3.05) is 45.3 Å². The van der Waals surface area contributed by atoms with E-state index >= 15 is 0 Å². The van der Waals surface area contributed by atoms with Crippen LogP contribution in [0.2, 0.25) is 0 Å². The van der Waals surface area contributed by atoms with Crippen molar-refractivity contribution in [1.29, 1.82) is 0 Å². The molecular formula is C24H31N3O5. The number of methoxy groups -OCH3 is 1. The standard InChI is InChI=1S/C24H31N3O5/c1-4-27(5-2)14-15-31-22-16-19(9-12-21(22)30-3)26-24(29)13-8-18-6-10-20(11-7-18)32-17-23(25)28/h6-13,16H,4-5,14-15,17H2,1-3H3,(H2,25,28)(H,26,29)/b13-8+. The minimum Gasteiger partial charge on any atom is -0.493 e. The lowest BCUT2D eigenvalue weighted by Crippen LogP contribution is -2.28. The van der Waals surface area contributed by atoms with Crippen molar-refractivity contribution in [3.8, 4) is 17.2 Å². The molecule has 8 nitrogen and oxygen atoms in total. The highest BCUT2D eigenvalue weighted by Gasteiger charge is 2.08. The maximum absolute atomic E-state index is 12.3. The third-order valence-corrected chi connectivity index (χ3v) is 4.68. The summed E-state index contributed by atoms with van der Waals surface area (Å²) in [5.74, 6) is 0.891. The molecule has 0 bridgehead atoms. The van der Waals surface area contributed by atoms with E-state index in [1.54, 1.807) is 55.7 Å². The van der Waals surface area contributed by atoms with Gasteiger partial charge in [-0.1, -0.05) is 26.0 Å². The van der Waals surface area contributed by atoms with E-state index in [2.05, 4.69) is 24.1 Å². The Labute approximate surface area is 188 Å². The van der Waals surface area contributed by atoms with Crippen LogP contribution in [0.3, 0.4) is 0 Å². The van der Waals surface area contributed by atoms with Crippen molar-refractivity contribution in [1.82, 2.24) is 4.90 Å².